The summed E-state index contributed by atoms with van der Waals surface area (Å²) in [4.78, 5) is 26.9. The molecule has 1 fully saturated rings. The van der Waals surface area contributed by atoms with Gasteiger partial charge in [-0.1, -0.05) is 0 Å². The number of nitro groups is 1. The van der Waals surface area contributed by atoms with Crippen molar-refractivity contribution >= 4 is 17.3 Å². The number of benzene rings is 1. The summed E-state index contributed by atoms with van der Waals surface area (Å²) in [7, 11) is 0. The Labute approximate surface area is 160 Å². The zero-order valence-electron chi connectivity index (χ0n) is 16.7. The van der Waals surface area contributed by atoms with E-state index < -0.39 is 4.92 Å². The first-order chi connectivity index (χ1) is 12.8. The zero-order chi connectivity index (χ0) is 20.0. The van der Waals surface area contributed by atoms with Gasteiger partial charge in [0.25, 0.3) is 11.6 Å². The molecule has 0 unspecified atom stereocenters. The molecule has 1 aromatic carbocycles. The molecular weight excluding hydrogens is 348 g/mol. The van der Waals surface area contributed by atoms with Crippen molar-refractivity contribution in [2.75, 3.05) is 44.3 Å². The Morgan fingerprint density at radius 3 is 2.44 bits per heavy atom. The Kier molecular flexibility index (Phi) is 7.55. The minimum Gasteiger partial charge on any atom is -0.378 e. The third-order valence-electron chi connectivity index (χ3n) is 4.97. The fraction of sp³-hybridized carbons (Fsp3) is 0.632. The van der Waals surface area contributed by atoms with E-state index in [-0.39, 0.29) is 11.6 Å². The molecule has 0 radical (unpaired) electrons. The number of carbonyl (C=O) groups is 1. The average molecular weight is 379 g/mol. The van der Waals surface area contributed by atoms with E-state index in [1.54, 1.807) is 12.1 Å². The van der Waals surface area contributed by atoms with E-state index in [0.717, 1.165) is 6.54 Å². The summed E-state index contributed by atoms with van der Waals surface area (Å²) in [5.74, 6) is -0.279. The maximum Gasteiger partial charge on any atom is 0.293 e. The molecule has 1 heterocycles. The Morgan fingerprint density at radius 1 is 1.26 bits per heavy atom. The van der Waals surface area contributed by atoms with Crippen LogP contribution >= 0.6 is 0 Å². The summed E-state index contributed by atoms with van der Waals surface area (Å²) in [6, 6.07) is 5.63. The molecule has 0 spiro atoms. The van der Waals surface area contributed by atoms with Gasteiger partial charge in [-0.3, -0.25) is 14.9 Å². The van der Waals surface area contributed by atoms with Crippen molar-refractivity contribution in [1.29, 1.82) is 0 Å². The van der Waals surface area contributed by atoms with Crippen molar-refractivity contribution in [2.45, 2.75) is 39.8 Å². The molecule has 2 N–H and O–H groups in total. The number of nitrogens with zero attached hydrogens (tertiary/aromatic N) is 2. The van der Waals surface area contributed by atoms with Crippen molar-refractivity contribution < 1.29 is 19.4 Å². The molecule has 27 heavy (non-hydrogen) atoms. The number of nitro benzene ring substituents is 1. The molecule has 1 aromatic rings. The van der Waals surface area contributed by atoms with E-state index >= 15 is 0 Å². The second-order valence-electron chi connectivity index (χ2n) is 7.45. The van der Waals surface area contributed by atoms with Crippen molar-refractivity contribution in [3.05, 3.63) is 33.9 Å². The van der Waals surface area contributed by atoms with Gasteiger partial charge in [-0.15, -0.1) is 0 Å². The number of morpholine rings is 1. The van der Waals surface area contributed by atoms with Crippen LogP contribution in [-0.2, 0) is 4.74 Å². The number of rotatable bonds is 8. The van der Waals surface area contributed by atoms with Gasteiger partial charge in [-0.05, 0) is 39.8 Å². The van der Waals surface area contributed by atoms with Gasteiger partial charge >= 0.3 is 0 Å². The van der Waals surface area contributed by atoms with E-state index in [2.05, 4.69) is 33.0 Å². The number of carbonyl (C=O) groups excluding carboxylic acids is 1. The summed E-state index contributed by atoms with van der Waals surface area (Å²) >= 11 is 0. The number of nitrogens with one attached hydrogen (secondary N) is 2. The van der Waals surface area contributed by atoms with Crippen molar-refractivity contribution in [3.63, 3.8) is 0 Å². The molecule has 1 saturated heterocycles. The lowest BCUT2D eigenvalue weighted by atomic mass is 10.1. The van der Waals surface area contributed by atoms with Crippen molar-refractivity contribution in [3.8, 4) is 0 Å². The SMILES string of the molecule is CC(C)[NH+](CCNC(=O)c1ccc(N2CCOCC2)c([N+](=O)[O-])c1)C(C)C. The van der Waals surface area contributed by atoms with Gasteiger partial charge in [0.2, 0.25) is 0 Å². The summed E-state index contributed by atoms with van der Waals surface area (Å²) in [5, 5.41) is 14.4. The fourth-order valence-electron chi connectivity index (χ4n) is 3.55. The summed E-state index contributed by atoms with van der Waals surface area (Å²) in [6.07, 6.45) is 0. The molecule has 0 aromatic heterocycles. The third kappa shape index (κ3) is 5.64. The van der Waals surface area contributed by atoms with Gasteiger partial charge < -0.3 is 19.9 Å². The van der Waals surface area contributed by atoms with Crippen LogP contribution in [0, 0.1) is 10.1 Å². The predicted octanol–water partition coefficient (Wildman–Crippen LogP) is 0.863. The summed E-state index contributed by atoms with van der Waals surface area (Å²) < 4.78 is 5.30. The van der Waals surface area contributed by atoms with Crippen molar-refractivity contribution in [1.82, 2.24) is 5.32 Å². The number of ether oxygens (including phenoxy) is 1. The number of amides is 1. The van der Waals surface area contributed by atoms with Crippen LogP contribution in [0.5, 0.6) is 0 Å². The molecule has 8 nitrogen and oxygen atoms in total. The lowest BCUT2D eigenvalue weighted by molar-refractivity contribution is -0.941. The first-order valence-corrected chi connectivity index (χ1v) is 9.56. The van der Waals surface area contributed by atoms with Crippen LogP contribution in [0.2, 0.25) is 0 Å². The molecule has 0 aliphatic carbocycles. The second-order valence-corrected chi connectivity index (χ2v) is 7.45. The Morgan fingerprint density at radius 2 is 1.89 bits per heavy atom. The van der Waals surface area contributed by atoms with Gasteiger partial charge in [0, 0.05) is 24.7 Å². The Bertz CT molecular complexity index is 649. The van der Waals surface area contributed by atoms with E-state index in [4.69, 9.17) is 4.74 Å². The molecule has 1 amide bonds. The highest BCUT2D eigenvalue weighted by Crippen LogP contribution is 2.29. The van der Waals surface area contributed by atoms with Crippen molar-refractivity contribution in [2.24, 2.45) is 0 Å². The van der Waals surface area contributed by atoms with Gasteiger partial charge in [-0.2, -0.15) is 0 Å². The first-order valence-electron chi connectivity index (χ1n) is 9.56. The van der Waals surface area contributed by atoms with Gasteiger partial charge in [-0.25, -0.2) is 0 Å². The molecule has 0 atom stereocenters. The van der Waals surface area contributed by atoms with Crippen LogP contribution in [0.15, 0.2) is 18.2 Å². The Hall–Kier alpha value is -2.19. The van der Waals surface area contributed by atoms with Crippen LogP contribution < -0.4 is 15.1 Å². The number of hydrogen-bond donors (Lipinski definition) is 2. The van der Waals surface area contributed by atoms with E-state index in [1.807, 2.05) is 4.90 Å². The average Bonchev–Trinajstić information content (AvgIpc) is 2.64. The second kappa shape index (κ2) is 9.66. The lowest BCUT2D eigenvalue weighted by Crippen LogP contribution is -3.18. The summed E-state index contributed by atoms with van der Waals surface area (Å²) in [5.41, 5.74) is 0.811. The quantitative estimate of drug-likeness (QED) is 0.517. The van der Waals surface area contributed by atoms with Gasteiger partial charge in [0.15, 0.2) is 0 Å². The molecule has 0 saturated carbocycles. The number of quaternary nitrogens is 1. The summed E-state index contributed by atoms with van der Waals surface area (Å²) in [6.45, 7) is 12.3. The maximum absolute atomic E-state index is 12.5. The lowest BCUT2D eigenvalue weighted by Gasteiger charge is -2.28. The molecule has 8 heteroatoms. The zero-order valence-corrected chi connectivity index (χ0v) is 16.7. The highest BCUT2D eigenvalue weighted by atomic mass is 16.6. The van der Waals surface area contributed by atoms with E-state index in [9.17, 15) is 14.9 Å². The molecule has 0 bridgehead atoms. The van der Waals surface area contributed by atoms with Crippen LogP contribution in [0.4, 0.5) is 11.4 Å². The first kappa shape index (κ1) is 21.1. The van der Waals surface area contributed by atoms with Gasteiger partial charge in [0.05, 0.1) is 43.3 Å². The number of anilines is 1. The largest absolute Gasteiger partial charge is 0.378 e. The third-order valence-corrected chi connectivity index (χ3v) is 4.97. The predicted molar refractivity (Wildman–Crippen MR) is 105 cm³/mol. The van der Waals surface area contributed by atoms with E-state index in [1.165, 1.54) is 11.0 Å². The molecule has 2 rings (SSSR count). The molecular formula is C19H31N4O4+. The minimum absolute atomic E-state index is 0.0406. The van der Waals surface area contributed by atoms with Crippen LogP contribution in [0.1, 0.15) is 38.1 Å². The highest BCUT2D eigenvalue weighted by molar-refractivity contribution is 5.95. The fourth-order valence-corrected chi connectivity index (χ4v) is 3.55. The smallest absolute Gasteiger partial charge is 0.293 e. The normalized spacial score (nSPS) is 14.9. The topological polar surface area (TPSA) is 89.2 Å². The standard InChI is InChI=1S/C19H30N4O4/c1-14(2)22(15(3)4)8-7-20-19(24)16-5-6-17(18(13-16)23(25)26)21-9-11-27-12-10-21/h5-6,13-15H,7-12H2,1-4H3,(H,20,24)/p+1. The monoisotopic (exact) mass is 379 g/mol. The molecule has 150 valence electrons. The van der Waals surface area contributed by atoms with Crippen LogP contribution in [0.3, 0.4) is 0 Å². The van der Waals surface area contributed by atoms with Crippen LogP contribution in [0.25, 0.3) is 0 Å². The highest BCUT2D eigenvalue weighted by Gasteiger charge is 2.23. The molecule has 1 aliphatic rings. The number of hydrogen-bond acceptors (Lipinski definition) is 5. The Balaban J connectivity index is 2.06. The van der Waals surface area contributed by atoms with E-state index in [0.29, 0.717) is 56.2 Å². The maximum atomic E-state index is 12.5. The van der Waals surface area contributed by atoms with Crippen LogP contribution in [-0.4, -0.2) is 62.3 Å². The molecule has 1 aliphatic heterocycles. The minimum atomic E-state index is -0.426. The van der Waals surface area contributed by atoms with Gasteiger partial charge in [0.1, 0.15) is 5.69 Å².